The third kappa shape index (κ3) is 2.81. The predicted molar refractivity (Wildman–Crippen MR) is 96.1 cm³/mol. The second kappa shape index (κ2) is 6.09. The number of carbonyl (C=O) groups excluding carboxylic acids is 1. The van der Waals surface area contributed by atoms with E-state index in [9.17, 15) is 9.59 Å². The number of aromatic nitrogens is 3. The molecule has 0 unspecified atom stereocenters. The van der Waals surface area contributed by atoms with Crippen LogP contribution < -0.4 is 10.9 Å². The minimum atomic E-state index is -0.439. The van der Waals surface area contributed by atoms with Crippen molar-refractivity contribution in [1.82, 2.24) is 14.5 Å². The molecule has 2 N–H and O–H groups in total. The van der Waals surface area contributed by atoms with Crippen LogP contribution in [0.25, 0.3) is 16.7 Å². The van der Waals surface area contributed by atoms with Gasteiger partial charge in [0.15, 0.2) is 5.82 Å². The number of fused-ring (bicyclic) bond motifs is 1. The van der Waals surface area contributed by atoms with Crippen LogP contribution >= 0.6 is 0 Å². The molecule has 122 valence electrons. The molecule has 2 aromatic heterocycles. The van der Waals surface area contributed by atoms with Crippen molar-refractivity contribution in [3.05, 3.63) is 89.0 Å². The van der Waals surface area contributed by atoms with Gasteiger partial charge in [0, 0.05) is 12.4 Å². The first-order valence-electron chi connectivity index (χ1n) is 7.75. The molecule has 4 rings (SSSR count). The van der Waals surface area contributed by atoms with E-state index >= 15 is 0 Å². The topological polar surface area (TPSA) is 79.8 Å². The van der Waals surface area contributed by atoms with Gasteiger partial charge in [-0.3, -0.25) is 9.59 Å². The van der Waals surface area contributed by atoms with Crippen molar-refractivity contribution in [2.75, 3.05) is 5.32 Å². The van der Waals surface area contributed by atoms with Gasteiger partial charge in [0.1, 0.15) is 0 Å². The zero-order chi connectivity index (χ0) is 17.2. The number of carbonyl (C=O) groups is 1. The highest BCUT2D eigenvalue weighted by molar-refractivity contribution is 6.06. The highest BCUT2D eigenvalue weighted by atomic mass is 16.2. The minimum Gasteiger partial charge on any atom is -0.323 e. The zero-order valence-electron chi connectivity index (χ0n) is 13.1. The molecule has 1 amide bonds. The molecule has 2 heterocycles. The van der Waals surface area contributed by atoms with Gasteiger partial charge in [0.2, 0.25) is 0 Å². The van der Waals surface area contributed by atoms with Crippen molar-refractivity contribution in [3.63, 3.8) is 0 Å². The normalized spacial score (nSPS) is 10.7. The number of benzene rings is 2. The SMILES string of the molecule is O=C(Nc1nc2ccccc2[nH]c1=O)c1ccccc1-n1cccc1. The molecule has 0 fully saturated rings. The Morgan fingerprint density at radius 3 is 2.52 bits per heavy atom. The molecule has 0 radical (unpaired) electrons. The fraction of sp³-hybridized carbons (Fsp3) is 0. The van der Waals surface area contributed by atoms with Crippen molar-refractivity contribution < 1.29 is 4.79 Å². The van der Waals surface area contributed by atoms with E-state index in [1.54, 1.807) is 24.3 Å². The quantitative estimate of drug-likeness (QED) is 0.606. The number of rotatable bonds is 3. The number of nitrogens with one attached hydrogen (secondary N) is 2. The van der Waals surface area contributed by atoms with E-state index in [0.29, 0.717) is 16.6 Å². The molecule has 0 spiro atoms. The molecule has 4 aromatic rings. The lowest BCUT2D eigenvalue weighted by atomic mass is 10.1. The summed E-state index contributed by atoms with van der Waals surface area (Å²) in [4.78, 5) is 31.8. The maximum atomic E-state index is 12.7. The zero-order valence-corrected chi connectivity index (χ0v) is 13.1. The lowest BCUT2D eigenvalue weighted by Gasteiger charge is -2.10. The average molecular weight is 330 g/mol. The van der Waals surface area contributed by atoms with E-state index in [-0.39, 0.29) is 5.82 Å². The van der Waals surface area contributed by atoms with E-state index in [4.69, 9.17) is 0 Å². The van der Waals surface area contributed by atoms with Gasteiger partial charge < -0.3 is 14.9 Å². The summed E-state index contributed by atoms with van der Waals surface area (Å²) in [7, 11) is 0. The summed E-state index contributed by atoms with van der Waals surface area (Å²) in [6.45, 7) is 0. The highest BCUT2D eigenvalue weighted by Gasteiger charge is 2.15. The Morgan fingerprint density at radius 1 is 0.960 bits per heavy atom. The summed E-state index contributed by atoms with van der Waals surface area (Å²) in [6.07, 6.45) is 3.71. The Kier molecular flexibility index (Phi) is 3.63. The van der Waals surface area contributed by atoms with Gasteiger partial charge in [-0.1, -0.05) is 24.3 Å². The number of nitrogens with zero attached hydrogens (tertiary/aromatic N) is 2. The number of hydrogen-bond acceptors (Lipinski definition) is 3. The second-order valence-corrected chi connectivity index (χ2v) is 5.49. The van der Waals surface area contributed by atoms with Gasteiger partial charge in [-0.15, -0.1) is 0 Å². The molecule has 2 aromatic carbocycles. The van der Waals surface area contributed by atoms with Crippen molar-refractivity contribution in [3.8, 4) is 5.69 Å². The lowest BCUT2D eigenvalue weighted by Crippen LogP contribution is -2.22. The Labute approximate surface area is 142 Å². The Bertz CT molecular complexity index is 1110. The fourth-order valence-electron chi connectivity index (χ4n) is 2.68. The molecule has 0 bridgehead atoms. The lowest BCUT2D eigenvalue weighted by molar-refractivity contribution is 0.102. The number of amides is 1. The predicted octanol–water partition coefficient (Wildman–Crippen LogP) is 2.97. The number of aromatic amines is 1. The Balaban J connectivity index is 1.72. The molecule has 6 heteroatoms. The fourth-order valence-corrected chi connectivity index (χ4v) is 2.68. The van der Waals surface area contributed by atoms with Crippen molar-refractivity contribution in [1.29, 1.82) is 0 Å². The molecule has 0 saturated heterocycles. The number of anilines is 1. The molecule has 0 saturated carbocycles. The van der Waals surface area contributed by atoms with Gasteiger partial charge in [-0.25, -0.2) is 4.98 Å². The first-order valence-corrected chi connectivity index (χ1v) is 7.75. The van der Waals surface area contributed by atoms with Gasteiger partial charge >= 0.3 is 0 Å². The van der Waals surface area contributed by atoms with Crippen LogP contribution in [0.4, 0.5) is 5.82 Å². The molecular weight excluding hydrogens is 316 g/mol. The summed E-state index contributed by atoms with van der Waals surface area (Å²) in [6, 6.07) is 18.1. The molecule has 25 heavy (non-hydrogen) atoms. The molecule has 0 aliphatic heterocycles. The van der Waals surface area contributed by atoms with Crippen molar-refractivity contribution >= 4 is 22.8 Å². The maximum Gasteiger partial charge on any atom is 0.291 e. The molecular formula is C19H14N4O2. The monoisotopic (exact) mass is 330 g/mol. The van der Waals surface area contributed by atoms with Gasteiger partial charge in [-0.2, -0.15) is 0 Å². The van der Waals surface area contributed by atoms with Crippen molar-refractivity contribution in [2.45, 2.75) is 0 Å². The summed E-state index contributed by atoms with van der Waals surface area (Å²) in [5, 5.41) is 2.61. The third-order valence-corrected chi connectivity index (χ3v) is 3.86. The largest absolute Gasteiger partial charge is 0.323 e. The maximum absolute atomic E-state index is 12.7. The number of para-hydroxylation sites is 3. The van der Waals surface area contributed by atoms with Crippen LogP contribution in [0, 0.1) is 0 Å². The number of hydrogen-bond donors (Lipinski definition) is 2. The van der Waals surface area contributed by atoms with Crippen molar-refractivity contribution in [2.24, 2.45) is 0 Å². The van der Waals surface area contributed by atoms with Crippen LogP contribution in [0.3, 0.4) is 0 Å². The molecule has 0 aliphatic carbocycles. The molecule has 0 aliphatic rings. The second-order valence-electron chi connectivity index (χ2n) is 5.49. The van der Waals surface area contributed by atoms with Gasteiger partial charge in [0.05, 0.1) is 22.3 Å². The first kappa shape index (κ1) is 14.9. The van der Waals surface area contributed by atoms with E-state index in [2.05, 4.69) is 15.3 Å². The van der Waals surface area contributed by atoms with E-state index in [0.717, 1.165) is 5.69 Å². The standard InChI is InChI=1S/C19H14N4O2/c24-18(13-7-1-4-10-16(13)23-11-5-6-12-23)22-17-19(25)21-15-9-3-2-8-14(15)20-17/h1-12H,(H,21,25)(H,20,22,24). The van der Waals surface area contributed by atoms with Crippen LogP contribution in [-0.4, -0.2) is 20.4 Å². The van der Waals surface area contributed by atoms with Crippen LogP contribution in [0.5, 0.6) is 0 Å². The Morgan fingerprint density at radius 2 is 1.68 bits per heavy atom. The van der Waals surface area contributed by atoms with E-state index in [1.165, 1.54) is 0 Å². The summed E-state index contributed by atoms with van der Waals surface area (Å²) < 4.78 is 1.84. The summed E-state index contributed by atoms with van der Waals surface area (Å²) >= 11 is 0. The van der Waals surface area contributed by atoms with Gasteiger partial charge in [0.25, 0.3) is 11.5 Å². The van der Waals surface area contributed by atoms with Gasteiger partial charge in [-0.05, 0) is 36.4 Å². The third-order valence-electron chi connectivity index (χ3n) is 3.86. The van der Waals surface area contributed by atoms with Crippen LogP contribution in [-0.2, 0) is 0 Å². The summed E-state index contributed by atoms with van der Waals surface area (Å²) in [5.74, 6) is -0.413. The van der Waals surface area contributed by atoms with Crippen LogP contribution in [0.2, 0.25) is 0 Å². The highest BCUT2D eigenvalue weighted by Crippen LogP contribution is 2.16. The first-order chi connectivity index (χ1) is 12.2. The summed E-state index contributed by atoms with van der Waals surface area (Å²) in [5.41, 5.74) is 1.97. The molecule has 0 atom stereocenters. The van der Waals surface area contributed by atoms with Crippen LogP contribution in [0.15, 0.2) is 77.9 Å². The molecule has 6 nitrogen and oxygen atoms in total. The average Bonchev–Trinajstić information content (AvgIpc) is 3.17. The van der Waals surface area contributed by atoms with Crippen LogP contribution in [0.1, 0.15) is 10.4 Å². The number of H-pyrrole nitrogens is 1. The smallest absolute Gasteiger partial charge is 0.291 e. The van der Waals surface area contributed by atoms with E-state index < -0.39 is 11.5 Å². The Hall–Kier alpha value is -3.67. The van der Waals surface area contributed by atoms with E-state index in [1.807, 2.05) is 53.4 Å². The minimum absolute atomic E-state index is 0.0222.